The molecule has 0 radical (unpaired) electrons. The van der Waals surface area contributed by atoms with Crippen LogP contribution < -0.4 is 5.32 Å². The first-order valence-corrected chi connectivity index (χ1v) is 11.2. The fraction of sp³-hybridized carbons (Fsp3) is 0.423. The monoisotopic (exact) mass is 404 g/mol. The fourth-order valence-electron chi connectivity index (χ4n) is 5.11. The summed E-state index contributed by atoms with van der Waals surface area (Å²) in [6, 6.07) is 7.93. The Morgan fingerprint density at radius 1 is 1.13 bits per heavy atom. The van der Waals surface area contributed by atoms with Crippen LogP contribution in [0.2, 0.25) is 0 Å². The summed E-state index contributed by atoms with van der Waals surface area (Å²) in [4.78, 5) is 14.5. The first-order chi connectivity index (χ1) is 14.6. The zero-order valence-corrected chi connectivity index (χ0v) is 18.0. The number of amides is 1. The molecule has 1 unspecified atom stereocenters. The average Bonchev–Trinajstić information content (AvgIpc) is 2.95. The molecule has 0 saturated carbocycles. The van der Waals surface area contributed by atoms with E-state index < -0.39 is 0 Å². The van der Waals surface area contributed by atoms with Crippen LogP contribution in [0.25, 0.3) is 5.57 Å². The van der Waals surface area contributed by atoms with Gasteiger partial charge in [0.1, 0.15) is 5.76 Å². The second-order valence-electron chi connectivity index (χ2n) is 8.58. The predicted molar refractivity (Wildman–Crippen MR) is 122 cm³/mol. The summed E-state index contributed by atoms with van der Waals surface area (Å²) in [6.45, 7) is 7.48. The van der Waals surface area contributed by atoms with Gasteiger partial charge < -0.3 is 15.3 Å². The Morgan fingerprint density at radius 2 is 1.83 bits per heavy atom. The largest absolute Gasteiger partial charge is 0.508 e. The first kappa shape index (κ1) is 20.7. The summed E-state index contributed by atoms with van der Waals surface area (Å²) in [6.07, 6.45) is 13.7. The molecular weight excluding hydrogens is 372 g/mol. The predicted octanol–water partition coefficient (Wildman–Crippen LogP) is 4.88. The van der Waals surface area contributed by atoms with E-state index in [1.54, 1.807) is 6.08 Å². The van der Waals surface area contributed by atoms with E-state index in [1.165, 1.54) is 0 Å². The van der Waals surface area contributed by atoms with E-state index in [0.29, 0.717) is 24.4 Å². The maximum atomic E-state index is 12.7. The number of hydrogen-bond donors (Lipinski definition) is 2. The van der Waals surface area contributed by atoms with Crippen LogP contribution in [0.4, 0.5) is 0 Å². The van der Waals surface area contributed by atoms with Crippen molar-refractivity contribution < 1.29 is 9.90 Å². The van der Waals surface area contributed by atoms with Gasteiger partial charge in [0.2, 0.25) is 0 Å². The lowest BCUT2D eigenvalue weighted by Gasteiger charge is -2.42. The van der Waals surface area contributed by atoms with Gasteiger partial charge in [-0.05, 0) is 81.0 Å². The number of aliphatic hydroxyl groups excluding tert-OH is 1. The fourth-order valence-corrected chi connectivity index (χ4v) is 5.11. The molecule has 0 aromatic heterocycles. The quantitative estimate of drug-likeness (QED) is 0.752. The molecule has 1 aliphatic heterocycles. The summed E-state index contributed by atoms with van der Waals surface area (Å²) in [5, 5.41) is 14.3. The SMILES string of the molecule is CCN(CC)C(=O)c1ccc(C2=CC3(CCNCC3)CC3C=CC=CC(O)=C23)cc1. The number of carbonyl (C=O) groups is 1. The minimum absolute atomic E-state index is 0.0688. The van der Waals surface area contributed by atoms with Gasteiger partial charge in [0.15, 0.2) is 0 Å². The number of carbonyl (C=O) groups excluding carboxylic acids is 1. The van der Waals surface area contributed by atoms with Crippen LogP contribution in [0.3, 0.4) is 0 Å². The van der Waals surface area contributed by atoms with Crippen molar-refractivity contribution in [3.8, 4) is 0 Å². The van der Waals surface area contributed by atoms with Crippen LogP contribution in [-0.2, 0) is 0 Å². The minimum Gasteiger partial charge on any atom is -0.508 e. The Labute approximate surface area is 179 Å². The van der Waals surface area contributed by atoms with Gasteiger partial charge in [-0.15, -0.1) is 0 Å². The molecule has 1 amide bonds. The first-order valence-electron chi connectivity index (χ1n) is 11.2. The second-order valence-corrected chi connectivity index (χ2v) is 8.58. The molecule has 1 atom stereocenters. The van der Waals surface area contributed by atoms with E-state index in [4.69, 9.17) is 0 Å². The number of nitrogens with one attached hydrogen (secondary N) is 1. The van der Waals surface area contributed by atoms with Gasteiger partial charge in [0.05, 0.1) is 0 Å². The molecule has 1 spiro atoms. The Bertz CT molecular complexity index is 911. The number of rotatable bonds is 4. The normalized spacial score (nSPS) is 22.5. The minimum atomic E-state index is 0.0688. The van der Waals surface area contributed by atoms with Gasteiger partial charge in [-0.1, -0.05) is 36.4 Å². The van der Waals surface area contributed by atoms with Crippen LogP contribution in [0.1, 0.15) is 49.0 Å². The van der Waals surface area contributed by atoms with Gasteiger partial charge in [0.25, 0.3) is 5.91 Å². The van der Waals surface area contributed by atoms with Crippen molar-refractivity contribution in [3.05, 3.63) is 77.1 Å². The third kappa shape index (κ3) is 3.89. The van der Waals surface area contributed by atoms with Crippen molar-refractivity contribution in [1.82, 2.24) is 10.2 Å². The van der Waals surface area contributed by atoms with Crippen molar-refractivity contribution in [2.24, 2.45) is 11.3 Å². The molecule has 0 bridgehead atoms. The number of nitrogens with zero attached hydrogens (tertiary/aromatic N) is 1. The number of benzene rings is 1. The highest BCUT2D eigenvalue weighted by Crippen LogP contribution is 2.50. The second kappa shape index (κ2) is 8.65. The van der Waals surface area contributed by atoms with Crippen molar-refractivity contribution >= 4 is 11.5 Å². The van der Waals surface area contributed by atoms with E-state index in [1.807, 2.05) is 49.1 Å². The van der Waals surface area contributed by atoms with Crippen LogP contribution >= 0.6 is 0 Å². The third-order valence-electron chi connectivity index (χ3n) is 6.82. The Kier molecular flexibility index (Phi) is 5.96. The van der Waals surface area contributed by atoms with E-state index in [-0.39, 0.29) is 17.2 Å². The average molecular weight is 405 g/mol. The van der Waals surface area contributed by atoms with Gasteiger partial charge in [-0.2, -0.15) is 0 Å². The molecule has 1 aromatic carbocycles. The lowest BCUT2D eigenvalue weighted by Crippen LogP contribution is -2.39. The lowest BCUT2D eigenvalue weighted by molar-refractivity contribution is 0.0773. The Hall–Kier alpha value is -2.59. The van der Waals surface area contributed by atoms with Crippen LogP contribution in [-0.4, -0.2) is 42.1 Å². The molecule has 1 saturated heterocycles. The molecular formula is C26H32N2O2. The van der Waals surface area contributed by atoms with E-state index in [0.717, 1.165) is 49.1 Å². The maximum absolute atomic E-state index is 12.7. The smallest absolute Gasteiger partial charge is 0.253 e. The summed E-state index contributed by atoms with van der Waals surface area (Å²) in [5.41, 5.74) is 4.06. The summed E-state index contributed by atoms with van der Waals surface area (Å²) >= 11 is 0. The zero-order valence-electron chi connectivity index (χ0n) is 18.0. The molecule has 4 nitrogen and oxygen atoms in total. The molecule has 30 heavy (non-hydrogen) atoms. The number of piperidine rings is 1. The van der Waals surface area contributed by atoms with Gasteiger partial charge in [-0.25, -0.2) is 0 Å². The number of aliphatic hydroxyl groups is 1. The summed E-state index contributed by atoms with van der Waals surface area (Å²) in [5.74, 6) is 0.623. The number of allylic oxidation sites excluding steroid dienone is 7. The topological polar surface area (TPSA) is 52.6 Å². The Balaban J connectivity index is 1.75. The molecule has 2 N–H and O–H groups in total. The highest BCUT2D eigenvalue weighted by Gasteiger charge is 2.39. The summed E-state index contributed by atoms with van der Waals surface area (Å²) < 4.78 is 0. The van der Waals surface area contributed by atoms with Crippen molar-refractivity contribution in [1.29, 1.82) is 0 Å². The molecule has 1 aromatic rings. The summed E-state index contributed by atoms with van der Waals surface area (Å²) in [7, 11) is 0. The molecule has 1 heterocycles. The molecule has 158 valence electrons. The molecule has 4 heteroatoms. The molecule has 1 fully saturated rings. The number of fused-ring (bicyclic) bond motifs is 1. The maximum Gasteiger partial charge on any atom is 0.253 e. The van der Waals surface area contributed by atoms with Crippen molar-refractivity contribution in [3.63, 3.8) is 0 Å². The third-order valence-corrected chi connectivity index (χ3v) is 6.82. The van der Waals surface area contributed by atoms with E-state index in [2.05, 4.69) is 23.5 Å². The highest BCUT2D eigenvalue weighted by molar-refractivity contribution is 5.95. The van der Waals surface area contributed by atoms with E-state index >= 15 is 0 Å². The van der Waals surface area contributed by atoms with Gasteiger partial charge >= 0.3 is 0 Å². The van der Waals surface area contributed by atoms with Gasteiger partial charge in [0, 0.05) is 30.1 Å². The molecule has 3 aliphatic rings. The molecule has 4 rings (SSSR count). The number of hydrogen-bond acceptors (Lipinski definition) is 3. The highest BCUT2D eigenvalue weighted by atomic mass is 16.3. The lowest BCUT2D eigenvalue weighted by atomic mass is 9.64. The van der Waals surface area contributed by atoms with E-state index in [9.17, 15) is 9.90 Å². The Morgan fingerprint density at radius 3 is 2.50 bits per heavy atom. The standard InChI is InChI=1S/C26H32N2O2/c1-3-28(4-2)25(30)20-11-9-19(10-12-20)22-18-26(13-15-27-16-14-26)17-21-7-5-6-8-23(29)24(21)22/h5-12,18,21,27,29H,3-4,13-17H2,1-2H3. The van der Waals surface area contributed by atoms with Crippen molar-refractivity contribution in [2.75, 3.05) is 26.2 Å². The van der Waals surface area contributed by atoms with Crippen LogP contribution in [0.15, 0.2) is 66.0 Å². The van der Waals surface area contributed by atoms with Gasteiger partial charge in [-0.3, -0.25) is 4.79 Å². The van der Waals surface area contributed by atoms with Crippen LogP contribution in [0.5, 0.6) is 0 Å². The van der Waals surface area contributed by atoms with Crippen LogP contribution in [0, 0.1) is 11.3 Å². The van der Waals surface area contributed by atoms with Crippen molar-refractivity contribution in [2.45, 2.75) is 33.1 Å². The molecule has 2 aliphatic carbocycles. The zero-order chi connectivity index (χ0) is 21.1.